The predicted octanol–water partition coefficient (Wildman–Crippen LogP) is 4.55. The molecule has 0 fully saturated rings. The minimum Gasteiger partial charge on any atom is -0.477 e. The fraction of sp³-hybridized carbons (Fsp3) is 0.267. The molecule has 0 unspecified atom stereocenters. The SMILES string of the molecule is CCCOc1nccc(CCl)c1-c1ccc(F)c(F)c1. The fourth-order valence-electron chi connectivity index (χ4n) is 1.86. The Morgan fingerprint density at radius 1 is 1.20 bits per heavy atom. The molecule has 0 N–H and O–H groups in total. The predicted molar refractivity (Wildman–Crippen MR) is 74.9 cm³/mol. The van der Waals surface area contributed by atoms with Gasteiger partial charge < -0.3 is 4.74 Å². The number of benzene rings is 1. The molecule has 20 heavy (non-hydrogen) atoms. The Kier molecular flexibility index (Phi) is 4.90. The normalized spacial score (nSPS) is 10.6. The van der Waals surface area contributed by atoms with Crippen molar-refractivity contribution >= 4 is 11.6 Å². The number of alkyl halides is 1. The van der Waals surface area contributed by atoms with E-state index in [0.717, 1.165) is 24.1 Å². The van der Waals surface area contributed by atoms with Crippen LogP contribution in [-0.4, -0.2) is 11.6 Å². The van der Waals surface area contributed by atoms with Crippen LogP contribution in [0.15, 0.2) is 30.5 Å². The van der Waals surface area contributed by atoms with Gasteiger partial charge >= 0.3 is 0 Å². The summed E-state index contributed by atoms with van der Waals surface area (Å²) >= 11 is 5.91. The van der Waals surface area contributed by atoms with Crippen LogP contribution in [0, 0.1) is 11.6 Å². The van der Waals surface area contributed by atoms with Gasteiger partial charge in [-0.05, 0) is 35.7 Å². The van der Waals surface area contributed by atoms with Gasteiger partial charge in [-0.1, -0.05) is 13.0 Å². The molecule has 5 heteroatoms. The summed E-state index contributed by atoms with van der Waals surface area (Å²) in [5.74, 6) is -1.18. The summed E-state index contributed by atoms with van der Waals surface area (Å²) in [6.07, 6.45) is 2.41. The Bertz CT molecular complexity index is 604. The summed E-state index contributed by atoms with van der Waals surface area (Å²) in [5, 5.41) is 0. The second-order valence-electron chi connectivity index (χ2n) is 4.26. The molecule has 0 atom stereocenters. The van der Waals surface area contributed by atoms with E-state index in [-0.39, 0.29) is 5.88 Å². The third-order valence-electron chi connectivity index (χ3n) is 2.80. The lowest BCUT2D eigenvalue weighted by Crippen LogP contribution is -2.01. The van der Waals surface area contributed by atoms with Crippen molar-refractivity contribution in [3.8, 4) is 17.0 Å². The van der Waals surface area contributed by atoms with Crippen LogP contribution in [0.4, 0.5) is 8.78 Å². The summed E-state index contributed by atoms with van der Waals surface area (Å²) in [6.45, 7) is 2.47. The Morgan fingerprint density at radius 2 is 2.00 bits per heavy atom. The van der Waals surface area contributed by atoms with Crippen molar-refractivity contribution in [3.63, 3.8) is 0 Å². The second kappa shape index (κ2) is 6.66. The Labute approximate surface area is 121 Å². The highest BCUT2D eigenvalue weighted by molar-refractivity contribution is 6.17. The van der Waals surface area contributed by atoms with Gasteiger partial charge in [0.25, 0.3) is 0 Å². The first-order chi connectivity index (χ1) is 9.67. The van der Waals surface area contributed by atoms with Gasteiger partial charge in [0, 0.05) is 17.6 Å². The summed E-state index contributed by atoms with van der Waals surface area (Å²) < 4.78 is 32.0. The van der Waals surface area contributed by atoms with Crippen LogP contribution in [0.2, 0.25) is 0 Å². The highest BCUT2D eigenvalue weighted by atomic mass is 35.5. The maximum Gasteiger partial charge on any atom is 0.221 e. The average Bonchev–Trinajstić information content (AvgIpc) is 2.47. The monoisotopic (exact) mass is 297 g/mol. The van der Waals surface area contributed by atoms with Crippen LogP contribution < -0.4 is 4.74 Å². The fourth-order valence-corrected chi connectivity index (χ4v) is 2.08. The number of aromatic nitrogens is 1. The highest BCUT2D eigenvalue weighted by Gasteiger charge is 2.15. The molecule has 0 amide bonds. The molecule has 0 aliphatic rings. The van der Waals surface area contributed by atoms with E-state index in [4.69, 9.17) is 16.3 Å². The van der Waals surface area contributed by atoms with Gasteiger partial charge in [0.1, 0.15) is 0 Å². The first-order valence-corrected chi connectivity index (χ1v) is 6.83. The smallest absolute Gasteiger partial charge is 0.221 e. The van der Waals surface area contributed by atoms with Crippen LogP contribution in [0.25, 0.3) is 11.1 Å². The third-order valence-corrected chi connectivity index (χ3v) is 3.09. The zero-order valence-electron chi connectivity index (χ0n) is 11.0. The van der Waals surface area contributed by atoms with E-state index >= 15 is 0 Å². The van der Waals surface area contributed by atoms with Crippen LogP contribution in [0.1, 0.15) is 18.9 Å². The van der Waals surface area contributed by atoms with Crippen molar-refractivity contribution in [1.29, 1.82) is 0 Å². The van der Waals surface area contributed by atoms with Crippen LogP contribution in [-0.2, 0) is 5.88 Å². The molecule has 0 saturated carbocycles. The second-order valence-corrected chi connectivity index (χ2v) is 4.53. The molecule has 1 aromatic carbocycles. The standard InChI is InChI=1S/C15H14ClF2NO/c1-2-7-20-15-14(11(9-16)5-6-19-15)10-3-4-12(17)13(18)8-10/h3-6,8H,2,7,9H2,1H3. The lowest BCUT2D eigenvalue weighted by molar-refractivity contribution is 0.306. The molecular weight excluding hydrogens is 284 g/mol. The van der Waals surface area contributed by atoms with E-state index in [1.165, 1.54) is 6.07 Å². The molecule has 2 rings (SSSR count). The zero-order chi connectivity index (χ0) is 14.5. The van der Waals surface area contributed by atoms with E-state index in [1.54, 1.807) is 12.3 Å². The van der Waals surface area contributed by atoms with Crippen molar-refractivity contribution in [2.45, 2.75) is 19.2 Å². The van der Waals surface area contributed by atoms with E-state index in [0.29, 0.717) is 23.6 Å². The Hall–Kier alpha value is -1.68. The first-order valence-electron chi connectivity index (χ1n) is 6.29. The molecule has 0 aliphatic carbocycles. The summed E-state index contributed by atoms with van der Waals surface area (Å²) in [5.41, 5.74) is 1.87. The van der Waals surface area contributed by atoms with Crippen LogP contribution >= 0.6 is 11.6 Å². The van der Waals surface area contributed by atoms with Crippen LogP contribution in [0.5, 0.6) is 5.88 Å². The van der Waals surface area contributed by atoms with Crippen molar-refractivity contribution in [3.05, 3.63) is 47.7 Å². The lowest BCUT2D eigenvalue weighted by atomic mass is 10.0. The van der Waals surface area contributed by atoms with Crippen LogP contribution in [0.3, 0.4) is 0 Å². The maximum atomic E-state index is 13.4. The molecule has 106 valence electrons. The number of ether oxygens (including phenoxy) is 1. The van der Waals surface area contributed by atoms with Gasteiger partial charge in [0.2, 0.25) is 5.88 Å². The molecule has 0 aliphatic heterocycles. The Balaban J connectivity index is 2.54. The number of pyridine rings is 1. The topological polar surface area (TPSA) is 22.1 Å². The van der Waals surface area contributed by atoms with Crippen molar-refractivity contribution in [2.75, 3.05) is 6.61 Å². The summed E-state index contributed by atoms with van der Waals surface area (Å²) in [6, 6.07) is 5.44. The molecule has 2 nitrogen and oxygen atoms in total. The molecule has 0 saturated heterocycles. The van der Waals surface area contributed by atoms with E-state index < -0.39 is 11.6 Å². The zero-order valence-corrected chi connectivity index (χ0v) is 11.8. The number of halogens is 3. The molecule has 0 spiro atoms. The minimum atomic E-state index is -0.909. The van der Waals surface area contributed by atoms with Crippen molar-refractivity contribution < 1.29 is 13.5 Å². The summed E-state index contributed by atoms with van der Waals surface area (Å²) in [7, 11) is 0. The Morgan fingerprint density at radius 3 is 2.65 bits per heavy atom. The molecule has 0 bridgehead atoms. The van der Waals surface area contributed by atoms with Crippen molar-refractivity contribution in [1.82, 2.24) is 4.98 Å². The van der Waals surface area contributed by atoms with Gasteiger partial charge in [0.05, 0.1) is 6.61 Å². The van der Waals surface area contributed by atoms with Gasteiger partial charge in [0.15, 0.2) is 11.6 Å². The van der Waals surface area contributed by atoms with Gasteiger partial charge in [-0.3, -0.25) is 0 Å². The minimum absolute atomic E-state index is 0.235. The number of nitrogens with zero attached hydrogens (tertiary/aromatic N) is 1. The molecule has 0 radical (unpaired) electrons. The maximum absolute atomic E-state index is 13.4. The van der Waals surface area contributed by atoms with E-state index in [2.05, 4.69) is 4.98 Å². The van der Waals surface area contributed by atoms with E-state index in [1.807, 2.05) is 6.92 Å². The van der Waals surface area contributed by atoms with Gasteiger partial charge in [-0.2, -0.15) is 0 Å². The molecular formula is C15H14ClF2NO. The molecule has 1 heterocycles. The van der Waals surface area contributed by atoms with Gasteiger partial charge in [-0.15, -0.1) is 11.6 Å². The number of hydrogen-bond donors (Lipinski definition) is 0. The summed E-state index contributed by atoms with van der Waals surface area (Å²) in [4.78, 5) is 4.16. The number of rotatable bonds is 5. The van der Waals surface area contributed by atoms with Crippen molar-refractivity contribution in [2.24, 2.45) is 0 Å². The third kappa shape index (κ3) is 3.07. The largest absolute Gasteiger partial charge is 0.477 e. The number of hydrogen-bond acceptors (Lipinski definition) is 2. The quantitative estimate of drug-likeness (QED) is 0.755. The highest BCUT2D eigenvalue weighted by Crippen LogP contribution is 2.33. The van der Waals surface area contributed by atoms with Gasteiger partial charge in [-0.25, -0.2) is 13.8 Å². The first kappa shape index (κ1) is 14.7. The molecule has 1 aromatic heterocycles. The average molecular weight is 298 g/mol. The molecule has 2 aromatic rings. The van der Waals surface area contributed by atoms with E-state index in [9.17, 15) is 8.78 Å². The lowest BCUT2D eigenvalue weighted by Gasteiger charge is -2.13.